The van der Waals surface area contributed by atoms with Gasteiger partial charge in [-0.25, -0.2) is 0 Å². The van der Waals surface area contributed by atoms with Crippen LogP contribution >= 0.6 is 0 Å². The second-order valence-electron chi connectivity index (χ2n) is 6.84. The van der Waals surface area contributed by atoms with Gasteiger partial charge in [0.15, 0.2) is 0 Å². The van der Waals surface area contributed by atoms with Gasteiger partial charge in [-0.1, -0.05) is 62.2 Å². The van der Waals surface area contributed by atoms with Crippen LogP contribution in [0.1, 0.15) is 43.4 Å². The van der Waals surface area contributed by atoms with Crippen LogP contribution in [0.5, 0.6) is 5.75 Å². The van der Waals surface area contributed by atoms with Crippen LogP contribution < -0.4 is 4.74 Å². The Morgan fingerprint density at radius 2 is 1.82 bits per heavy atom. The zero-order chi connectivity index (χ0) is 20.1. The zero-order valence-corrected chi connectivity index (χ0v) is 16.2. The van der Waals surface area contributed by atoms with Gasteiger partial charge >= 0.3 is 0 Å². The molecule has 1 aliphatic heterocycles. The van der Waals surface area contributed by atoms with E-state index in [-0.39, 0.29) is 11.3 Å². The van der Waals surface area contributed by atoms with E-state index in [2.05, 4.69) is 6.92 Å². The second kappa shape index (κ2) is 8.74. The first-order chi connectivity index (χ1) is 13.6. The first kappa shape index (κ1) is 19.7. The normalized spacial score (nSPS) is 18.5. The fraction of sp³-hybridized carbons (Fsp3) is 0.304. The average Bonchev–Trinajstić information content (AvgIpc) is 2.99. The Morgan fingerprint density at radius 3 is 2.50 bits per heavy atom. The molecule has 0 radical (unpaired) electrons. The molecule has 0 bridgehead atoms. The highest BCUT2D eigenvalue weighted by Gasteiger charge is 2.45. The van der Waals surface area contributed by atoms with Gasteiger partial charge < -0.3 is 14.7 Å². The molecule has 0 aromatic heterocycles. The SMILES string of the molecule is CCCCCN1C(=O)C(=O)/C(=C(\O)c2cccc(OC)c2)C1c1ccccc1. The molecule has 1 fully saturated rings. The number of carbonyl (C=O) groups is 2. The number of Topliss-reactive ketones (excluding diaryl/α,β-unsaturated/α-hetero) is 1. The van der Waals surface area contributed by atoms with E-state index in [4.69, 9.17) is 4.74 Å². The molecule has 1 aliphatic rings. The summed E-state index contributed by atoms with van der Waals surface area (Å²) in [6.45, 7) is 2.57. The standard InChI is InChI=1S/C23H25NO4/c1-3-4-8-14-24-20(16-10-6-5-7-11-16)19(22(26)23(24)27)21(25)17-12-9-13-18(15-17)28-2/h5-7,9-13,15,20,25H,3-4,8,14H2,1-2H3/b21-19-. The van der Waals surface area contributed by atoms with Crippen molar-refractivity contribution >= 4 is 17.4 Å². The summed E-state index contributed by atoms with van der Waals surface area (Å²) < 4.78 is 5.22. The highest BCUT2D eigenvalue weighted by molar-refractivity contribution is 6.46. The second-order valence-corrected chi connectivity index (χ2v) is 6.84. The van der Waals surface area contributed by atoms with E-state index >= 15 is 0 Å². The number of carbonyl (C=O) groups excluding carboxylic acids is 2. The van der Waals surface area contributed by atoms with E-state index in [1.54, 1.807) is 29.2 Å². The van der Waals surface area contributed by atoms with Gasteiger partial charge in [0.25, 0.3) is 11.7 Å². The third kappa shape index (κ3) is 3.79. The molecule has 1 N–H and O–H groups in total. The van der Waals surface area contributed by atoms with Gasteiger partial charge in [-0.15, -0.1) is 0 Å². The van der Waals surface area contributed by atoms with E-state index in [0.717, 1.165) is 24.8 Å². The number of nitrogens with zero attached hydrogens (tertiary/aromatic N) is 1. The van der Waals surface area contributed by atoms with Crippen molar-refractivity contribution in [1.29, 1.82) is 0 Å². The van der Waals surface area contributed by atoms with Crippen LogP contribution in [0.4, 0.5) is 0 Å². The van der Waals surface area contributed by atoms with Crippen molar-refractivity contribution in [2.24, 2.45) is 0 Å². The molecule has 5 nitrogen and oxygen atoms in total. The Hall–Kier alpha value is -3.08. The highest BCUT2D eigenvalue weighted by atomic mass is 16.5. The van der Waals surface area contributed by atoms with Crippen molar-refractivity contribution in [2.75, 3.05) is 13.7 Å². The molecule has 2 aromatic rings. The molecule has 3 rings (SSSR count). The number of unbranched alkanes of at least 4 members (excludes halogenated alkanes) is 2. The quantitative estimate of drug-likeness (QED) is 0.337. The summed E-state index contributed by atoms with van der Waals surface area (Å²) in [7, 11) is 1.54. The Labute approximate surface area is 165 Å². The highest BCUT2D eigenvalue weighted by Crippen LogP contribution is 2.39. The van der Waals surface area contributed by atoms with Gasteiger partial charge in [-0.2, -0.15) is 0 Å². The largest absolute Gasteiger partial charge is 0.507 e. The van der Waals surface area contributed by atoms with Gasteiger partial charge in [-0.05, 0) is 24.1 Å². The van der Waals surface area contributed by atoms with Crippen LogP contribution in [0.3, 0.4) is 0 Å². The van der Waals surface area contributed by atoms with E-state index in [1.165, 1.54) is 7.11 Å². The molecular weight excluding hydrogens is 354 g/mol. The summed E-state index contributed by atoms with van der Waals surface area (Å²) in [6.07, 6.45) is 2.80. The number of ketones is 1. The minimum absolute atomic E-state index is 0.126. The maximum absolute atomic E-state index is 12.9. The number of hydrogen-bond acceptors (Lipinski definition) is 4. The van der Waals surface area contributed by atoms with Gasteiger partial charge in [0.2, 0.25) is 0 Å². The maximum atomic E-state index is 12.9. The number of amides is 1. The fourth-order valence-corrected chi connectivity index (χ4v) is 3.55. The molecule has 0 saturated carbocycles. The average molecular weight is 379 g/mol. The third-order valence-corrected chi connectivity index (χ3v) is 5.00. The molecule has 1 unspecified atom stereocenters. The van der Waals surface area contributed by atoms with Crippen molar-refractivity contribution in [1.82, 2.24) is 4.90 Å². The monoisotopic (exact) mass is 379 g/mol. The van der Waals surface area contributed by atoms with Gasteiger partial charge in [0.05, 0.1) is 18.7 Å². The number of aliphatic hydroxyl groups excluding tert-OH is 1. The summed E-state index contributed by atoms with van der Waals surface area (Å²) in [5.41, 5.74) is 1.38. The molecular formula is C23H25NO4. The molecule has 1 atom stereocenters. The molecule has 1 heterocycles. The topological polar surface area (TPSA) is 66.8 Å². The van der Waals surface area contributed by atoms with Gasteiger partial charge in [-0.3, -0.25) is 9.59 Å². The molecule has 28 heavy (non-hydrogen) atoms. The van der Waals surface area contributed by atoms with E-state index < -0.39 is 17.7 Å². The fourth-order valence-electron chi connectivity index (χ4n) is 3.55. The van der Waals surface area contributed by atoms with E-state index in [1.807, 2.05) is 30.3 Å². The van der Waals surface area contributed by atoms with Crippen molar-refractivity contribution in [3.63, 3.8) is 0 Å². The molecule has 2 aromatic carbocycles. The van der Waals surface area contributed by atoms with Crippen LogP contribution in [0, 0.1) is 0 Å². The Morgan fingerprint density at radius 1 is 1.07 bits per heavy atom. The number of likely N-dealkylation sites (tertiary alicyclic amines) is 1. The first-order valence-electron chi connectivity index (χ1n) is 9.56. The number of rotatable bonds is 7. The number of methoxy groups -OCH3 is 1. The van der Waals surface area contributed by atoms with Crippen molar-refractivity contribution in [2.45, 2.75) is 32.2 Å². The minimum Gasteiger partial charge on any atom is -0.507 e. The summed E-state index contributed by atoms with van der Waals surface area (Å²) in [5, 5.41) is 11.0. The van der Waals surface area contributed by atoms with Crippen molar-refractivity contribution in [3.05, 3.63) is 71.3 Å². The molecule has 5 heteroatoms. The summed E-state index contributed by atoms with van der Waals surface area (Å²) >= 11 is 0. The third-order valence-electron chi connectivity index (χ3n) is 5.00. The number of aliphatic hydroxyl groups is 1. The lowest BCUT2D eigenvalue weighted by atomic mass is 9.95. The molecule has 146 valence electrons. The molecule has 1 amide bonds. The van der Waals surface area contributed by atoms with E-state index in [9.17, 15) is 14.7 Å². The Kier molecular flexibility index (Phi) is 6.14. The Balaban J connectivity index is 2.10. The predicted octanol–water partition coefficient (Wildman–Crippen LogP) is 4.31. The lowest BCUT2D eigenvalue weighted by molar-refractivity contribution is -0.139. The molecule has 0 spiro atoms. The smallest absolute Gasteiger partial charge is 0.295 e. The predicted molar refractivity (Wildman–Crippen MR) is 108 cm³/mol. The summed E-state index contributed by atoms with van der Waals surface area (Å²) in [4.78, 5) is 27.2. The van der Waals surface area contributed by atoms with Gasteiger partial charge in [0, 0.05) is 12.1 Å². The minimum atomic E-state index is -0.648. The lowest BCUT2D eigenvalue weighted by Crippen LogP contribution is -2.30. The number of hydrogen-bond donors (Lipinski definition) is 1. The lowest BCUT2D eigenvalue weighted by Gasteiger charge is -2.25. The first-order valence-corrected chi connectivity index (χ1v) is 9.56. The molecule has 1 saturated heterocycles. The van der Waals surface area contributed by atoms with Gasteiger partial charge in [0.1, 0.15) is 11.5 Å². The molecule has 0 aliphatic carbocycles. The van der Waals surface area contributed by atoms with Crippen molar-refractivity contribution in [3.8, 4) is 5.75 Å². The number of benzene rings is 2. The van der Waals surface area contributed by atoms with Crippen molar-refractivity contribution < 1.29 is 19.4 Å². The Bertz CT molecular complexity index is 888. The van der Waals surface area contributed by atoms with Crippen LogP contribution in [0.2, 0.25) is 0 Å². The van der Waals surface area contributed by atoms with Crippen LogP contribution in [-0.2, 0) is 9.59 Å². The van der Waals surface area contributed by atoms with Crippen LogP contribution in [0.15, 0.2) is 60.2 Å². The zero-order valence-electron chi connectivity index (χ0n) is 16.2. The maximum Gasteiger partial charge on any atom is 0.295 e. The van der Waals surface area contributed by atoms with Crippen LogP contribution in [0.25, 0.3) is 5.76 Å². The summed E-state index contributed by atoms with van der Waals surface area (Å²) in [5.74, 6) is -0.818. The number of ether oxygens (including phenoxy) is 1. The van der Waals surface area contributed by atoms with Crippen LogP contribution in [-0.4, -0.2) is 35.4 Å². The van der Waals surface area contributed by atoms with E-state index in [0.29, 0.717) is 17.9 Å². The summed E-state index contributed by atoms with van der Waals surface area (Å²) in [6, 6.07) is 15.6.